The lowest BCUT2D eigenvalue weighted by Gasteiger charge is -2.30. The highest BCUT2D eigenvalue weighted by molar-refractivity contribution is 5.71. The number of aliphatic carboxylic acids is 1. The SMILES string of the molecule is COc1ccc(OC)c(N(CC(C)C)CC(C)C(=O)O)c1. The maximum absolute atomic E-state index is 11.1. The van der Waals surface area contributed by atoms with Gasteiger partial charge in [0.15, 0.2) is 0 Å². The summed E-state index contributed by atoms with van der Waals surface area (Å²) in [6.45, 7) is 7.09. The van der Waals surface area contributed by atoms with Crippen LogP contribution in [0.25, 0.3) is 0 Å². The van der Waals surface area contributed by atoms with Gasteiger partial charge in [0.2, 0.25) is 0 Å². The van der Waals surface area contributed by atoms with E-state index in [0.717, 1.165) is 18.0 Å². The molecular formula is C16H25NO4. The van der Waals surface area contributed by atoms with Crippen molar-refractivity contribution in [1.82, 2.24) is 0 Å². The average molecular weight is 295 g/mol. The van der Waals surface area contributed by atoms with Crippen molar-refractivity contribution in [3.8, 4) is 11.5 Å². The Balaban J connectivity index is 3.14. The van der Waals surface area contributed by atoms with Crippen molar-refractivity contribution >= 4 is 11.7 Å². The van der Waals surface area contributed by atoms with Crippen LogP contribution in [0.1, 0.15) is 20.8 Å². The van der Waals surface area contributed by atoms with Crippen molar-refractivity contribution in [1.29, 1.82) is 0 Å². The molecular weight excluding hydrogens is 270 g/mol. The number of ether oxygens (including phenoxy) is 2. The molecule has 1 atom stereocenters. The maximum atomic E-state index is 11.1. The number of nitrogens with zero attached hydrogens (tertiary/aromatic N) is 1. The molecule has 0 aliphatic heterocycles. The van der Waals surface area contributed by atoms with Crippen LogP contribution in [-0.2, 0) is 4.79 Å². The molecule has 0 aliphatic carbocycles. The molecule has 0 aliphatic rings. The first kappa shape index (κ1) is 17.1. The van der Waals surface area contributed by atoms with E-state index in [1.165, 1.54) is 0 Å². The van der Waals surface area contributed by atoms with E-state index < -0.39 is 11.9 Å². The van der Waals surface area contributed by atoms with Crippen LogP contribution in [0, 0.1) is 11.8 Å². The van der Waals surface area contributed by atoms with E-state index in [1.807, 2.05) is 23.1 Å². The summed E-state index contributed by atoms with van der Waals surface area (Å²) in [5, 5.41) is 9.16. The Labute approximate surface area is 126 Å². The molecule has 1 aromatic carbocycles. The van der Waals surface area contributed by atoms with Crippen LogP contribution >= 0.6 is 0 Å². The number of anilines is 1. The molecule has 0 saturated heterocycles. The van der Waals surface area contributed by atoms with Crippen LogP contribution in [0.3, 0.4) is 0 Å². The zero-order valence-corrected chi connectivity index (χ0v) is 13.4. The Morgan fingerprint density at radius 1 is 1.19 bits per heavy atom. The second-order valence-corrected chi connectivity index (χ2v) is 5.58. The predicted molar refractivity (Wildman–Crippen MR) is 83.4 cm³/mol. The van der Waals surface area contributed by atoms with Gasteiger partial charge in [-0.15, -0.1) is 0 Å². The van der Waals surface area contributed by atoms with Gasteiger partial charge in [0, 0.05) is 19.2 Å². The quantitative estimate of drug-likeness (QED) is 0.799. The summed E-state index contributed by atoms with van der Waals surface area (Å²) in [6.07, 6.45) is 0. The van der Waals surface area contributed by atoms with Gasteiger partial charge in [0.25, 0.3) is 0 Å². The molecule has 0 spiro atoms. The number of hydrogen-bond acceptors (Lipinski definition) is 4. The minimum Gasteiger partial charge on any atom is -0.497 e. The Morgan fingerprint density at radius 3 is 2.33 bits per heavy atom. The number of carboxylic acids is 1. The van der Waals surface area contributed by atoms with Crippen LogP contribution in [-0.4, -0.2) is 38.4 Å². The summed E-state index contributed by atoms with van der Waals surface area (Å²) in [5.41, 5.74) is 0.860. The highest BCUT2D eigenvalue weighted by Crippen LogP contribution is 2.33. The van der Waals surface area contributed by atoms with Crippen molar-refractivity contribution in [2.75, 3.05) is 32.2 Å². The number of carbonyl (C=O) groups is 1. The Hall–Kier alpha value is -1.91. The Bertz CT molecular complexity index is 473. The summed E-state index contributed by atoms with van der Waals surface area (Å²) in [7, 11) is 3.22. The molecule has 0 saturated carbocycles. The highest BCUT2D eigenvalue weighted by Gasteiger charge is 2.20. The predicted octanol–water partition coefficient (Wildman–Crippen LogP) is 2.89. The zero-order valence-electron chi connectivity index (χ0n) is 13.4. The number of rotatable bonds is 8. The standard InChI is InChI=1S/C16H25NO4/c1-11(2)9-17(10-12(3)16(18)19)14-8-13(20-4)6-7-15(14)21-5/h6-8,11-12H,9-10H2,1-5H3,(H,18,19). The van der Waals surface area contributed by atoms with Crippen molar-refractivity contribution in [3.63, 3.8) is 0 Å². The number of hydrogen-bond donors (Lipinski definition) is 1. The maximum Gasteiger partial charge on any atom is 0.308 e. The molecule has 1 unspecified atom stereocenters. The van der Waals surface area contributed by atoms with Crippen molar-refractivity contribution < 1.29 is 19.4 Å². The lowest BCUT2D eigenvalue weighted by molar-refractivity contribution is -0.140. The molecule has 1 N–H and O–H groups in total. The van der Waals surface area contributed by atoms with Crippen molar-refractivity contribution in [2.24, 2.45) is 11.8 Å². The summed E-state index contributed by atoms with van der Waals surface area (Å²) < 4.78 is 10.7. The van der Waals surface area contributed by atoms with Gasteiger partial charge in [0.1, 0.15) is 11.5 Å². The molecule has 0 bridgehead atoms. The topological polar surface area (TPSA) is 59.0 Å². The minimum absolute atomic E-state index is 0.405. The first-order valence-electron chi connectivity index (χ1n) is 7.08. The van der Waals surface area contributed by atoms with Gasteiger partial charge in [-0.1, -0.05) is 20.8 Å². The van der Waals surface area contributed by atoms with Crippen LogP contribution < -0.4 is 14.4 Å². The van der Waals surface area contributed by atoms with Gasteiger partial charge in [-0.2, -0.15) is 0 Å². The molecule has 0 aromatic heterocycles. The molecule has 21 heavy (non-hydrogen) atoms. The molecule has 5 nitrogen and oxygen atoms in total. The molecule has 0 heterocycles. The summed E-state index contributed by atoms with van der Waals surface area (Å²) in [6, 6.07) is 5.55. The molecule has 5 heteroatoms. The van der Waals surface area contributed by atoms with E-state index in [0.29, 0.717) is 18.2 Å². The molecule has 0 radical (unpaired) electrons. The van der Waals surface area contributed by atoms with E-state index >= 15 is 0 Å². The third kappa shape index (κ3) is 4.85. The lowest BCUT2D eigenvalue weighted by atomic mass is 10.1. The van der Waals surface area contributed by atoms with Gasteiger partial charge >= 0.3 is 5.97 Å². The fourth-order valence-corrected chi connectivity index (χ4v) is 2.16. The Morgan fingerprint density at radius 2 is 1.86 bits per heavy atom. The second-order valence-electron chi connectivity index (χ2n) is 5.58. The molecule has 0 fully saturated rings. The van der Waals surface area contributed by atoms with Crippen LogP contribution in [0.5, 0.6) is 11.5 Å². The second kappa shape index (κ2) is 7.76. The van der Waals surface area contributed by atoms with Gasteiger partial charge in [0.05, 0.1) is 25.8 Å². The van der Waals surface area contributed by atoms with Gasteiger partial charge in [-0.25, -0.2) is 0 Å². The summed E-state index contributed by atoms with van der Waals surface area (Å²) in [5.74, 6) is 0.587. The monoisotopic (exact) mass is 295 g/mol. The third-order valence-electron chi connectivity index (χ3n) is 3.23. The first-order chi connectivity index (χ1) is 9.88. The Kier molecular flexibility index (Phi) is 6.34. The highest BCUT2D eigenvalue weighted by atomic mass is 16.5. The lowest BCUT2D eigenvalue weighted by Crippen LogP contribution is -2.34. The van der Waals surface area contributed by atoms with E-state index in [-0.39, 0.29) is 0 Å². The smallest absolute Gasteiger partial charge is 0.308 e. The zero-order chi connectivity index (χ0) is 16.0. The van der Waals surface area contributed by atoms with Crippen molar-refractivity contribution in [2.45, 2.75) is 20.8 Å². The molecule has 1 aromatic rings. The van der Waals surface area contributed by atoms with E-state index in [9.17, 15) is 4.79 Å². The van der Waals surface area contributed by atoms with E-state index in [2.05, 4.69) is 13.8 Å². The number of benzene rings is 1. The van der Waals surface area contributed by atoms with Crippen LogP contribution in [0.2, 0.25) is 0 Å². The van der Waals surface area contributed by atoms with E-state index in [4.69, 9.17) is 14.6 Å². The van der Waals surface area contributed by atoms with Gasteiger partial charge in [-0.05, 0) is 18.1 Å². The largest absolute Gasteiger partial charge is 0.497 e. The average Bonchev–Trinajstić information content (AvgIpc) is 2.45. The van der Waals surface area contributed by atoms with E-state index in [1.54, 1.807) is 21.1 Å². The normalized spacial score (nSPS) is 12.1. The van der Waals surface area contributed by atoms with Crippen molar-refractivity contribution in [3.05, 3.63) is 18.2 Å². The summed E-state index contributed by atoms with van der Waals surface area (Å²) in [4.78, 5) is 13.2. The fourth-order valence-electron chi connectivity index (χ4n) is 2.16. The third-order valence-corrected chi connectivity index (χ3v) is 3.23. The van der Waals surface area contributed by atoms with Crippen LogP contribution in [0.4, 0.5) is 5.69 Å². The van der Waals surface area contributed by atoms with Gasteiger partial charge < -0.3 is 19.5 Å². The molecule has 0 amide bonds. The first-order valence-corrected chi connectivity index (χ1v) is 7.08. The summed E-state index contributed by atoms with van der Waals surface area (Å²) >= 11 is 0. The number of methoxy groups -OCH3 is 2. The number of carboxylic acid groups (broad SMARTS) is 1. The van der Waals surface area contributed by atoms with Gasteiger partial charge in [-0.3, -0.25) is 4.79 Å². The van der Waals surface area contributed by atoms with Crippen LogP contribution in [0.15, 0.2) is 18.2 Å². The molecule has 1 rings (SSSR count). The fraction of sp³-hybridized carbons (Fsp3) is 0.562. The molecule has 118 valence electrons. The minimum atomic E-state index is -0.800.